The lowest BCUT2D eigenvalue weighted by molar-refractivity contribution is -0.137. The number of rotatable bonds is 4. The Balaban J connectivity index is 1.82. The molecule has 130 valence electrons. The van der Waals surface area contributed by atoms with Crippen LogP contribution < -0.4 is 5.43 Å². The summed E-state index contributed by atoms with van der Waals surface area (Å²) in [4.78, 5) is 4.37. The lowest BCUT2D eigenvalue weighted by Gasteiger charge is -2.08. The van der Waals surface area contributed by atoms with E-state index >= 15 is 0 Å². The van der Waals surface area contributed by atoms with Gasteiger partial charge in [-0.25, -0.2) is 4.98 Å². The van der Waals surface area contributed by atoms with Crippen LogP contribution in [0.4, 0.5) is 18.9 Å². The summed E-state index contributed by atoms with van der Waals surface area (Å²) in [7, 11) is 0. The van der Waals surface area contributed by atoms with Gasteiger partial charge in [0.15, 0.2) is 10.7 Å². The molecule has 1 N–H and O–H groups in total. The summed E-state index contributed by atoms with van der Waals surface area (Å²) in [5.74, 6) is 0. The van der Waals surface area contributed by atoms with Crippen molar-refractivity contribution in [2.75, 3.05) is 5.43 Å². The summed E-state index contributed by atoms with van der Waals surface area (Å²) >= 11 is 1.24. The first-order valence-corrected chi connectivity index (χ1v) is 8.28. The van der Waals surface area contributed by atoms with Crippen molar-refractivity contribution in [3.8, 4) is 17.3 Å². The van der Waals surface area contributed by atoms with Gasteiger partial charge in [0.1, 0.15) is 6.07 Å². The van der Waals surface area contributed by atoms with Crippen LogP contribution >= 0.6 is 11.3 Å². The highest BCUT2D eigenvalue weighted by molar-refractivity contribution is 7.12. The summed E-state index contributed by atoms with van der Waals surface area (Å²) < 4.78 is 38.2. The molecule has 1 heterocycles. The zero-order valence-corrected chi connectivity index (χ0v) is 14.0. The molecule has 0 spiro atoms. The highest BCUT2D eigenvalue weighted by Crippen LogP contribution is 2.30. The number of anilines is 1. The predicted molar refractivity (Wildman–Crippen MR) is 94.8 cm³/mol. The maximum Gasteiger partial charge on any atom is 0.416 e. The number of nitriles is 1. The van der Waals surface area contributed by atoms with Crippen molar-refractivity contribution in [1.29, 1.82) is 5.26 Å². The third kappa shape index (κ3) is 4.07. The second-order valence-electron chi connectivity index (χ2n) is 5.17. The van der Waals surface area contributed by atoms with Crippen LogP contribution in [0.15, 0.2) is 65.1 Å². The Labute approximate surface area is 151 Å². The molecule has 0 atom stereocenters. The number of hydrogen-bond donors (Lipinski definition) is 1. The van der Waals surface area contributed by atoms with Crippen LogP contribution in [-0.4, -0.2) is 10.7 Å². The van der Waals surface area contributed by atoms with Gasteiger partial charge < -0.3 is 0 Å². The van der Waals surface area contributed by atoms with Gasteiger partial charge in [0, 0.05) is 10.9 Å². The van der Waals surface area contributed by atoms with Gasteiger partial charge in [-0.05, 0) is 18.2 Å². The SMILES string of the molecule is N#CC(=NNc1cccc(C(F)(F)F)c1)c1nc(-c2ccccc2)cs1. The molecule has 2 aromatic carbocycles. The molecule has 0 unspecified atom stereocenters. The molecule has 3 aromatic rings. The molecule has 0 amide bonds. The summed E-state index contributed by atoms with van der Waals surface area (Å²) in [6.07, 6.45) is -4.45. The quantitative estimate of drug-likeness (QED) is 0.508. The zero-order chi connectivity index (χ0) is 18.6. The van der Waals surface area contributed by atoms with Crippen LogP contribution in [-0.2, 0) is 6.18 Å². The van der Waals surface area contributed by atoms with Crippen molar-refractivity contribution in [2.24, 2.45) is 5.10 Å². The van der Waals surface area contributed by atoms with Gasteiger partial charge in [-0.1, -0.05) is 36.4 Å². The second kappa shape index (κ2) is 7.37. The van der Waals surface area contributed by atoms with E-state index in [0.29, 0.717) is 10.7 Å². The maximum absolute atomic E-state index is 12.7. The van der Waals surface area contributed by atoms with E-state index in [9.17, 15) is 18.4 Å². The van der Waals surface area contributed by atoms with Crippen molar-refractivity contribution in [1.82, 2.24) is 4.98 Å². The van der Waals surface area contributed by atoms with Gasteiger partial charge in [0.2, 0.25) is 0 Å². The molecule has 0 radical (unpaired) electrons. The smallest absolute Gasteiger partial charge is 0.277 e. The van der Waals surface area contributed by atoms with Crippen LogP contribution in [0.1, 0.15) is 10.6 Å². The fourth-order valence-corrected chi connectivity index (χ4v) is 2.90. The molecule has 0 aliphatic rings. The van der Waals surface area contributed by atoms with Gasteiger partial charge in [0.25, 0.3) is 0 Å². The van der Waals surface area contributed by atoms with E-state index in [1.807, 2.05) is 36.4 Å². The number of alkyl halides is 3. The van der Waals surface area contributed by atoms with E-state index in [1.54, 1.807) is 5.38 Å². The zero-order valence-electron chi connectivity index (χ0n) is 13.2. The van der Waals surface area contributed by atoms with E-state index in [-0.39, 0.29) is 11.4 Å². The first kappa shape index (κ1) is 17.6. The standard InChI is InChI=1S/C18H11F3N4S/c19-18(20,21)13-7-4-8-14(9-13)24-25-15(10-22)17-23-16(11-26-17)12-5-2-1-3-6-12/h1-9,11,24H. The summed E-state index contributed by atoms with van der Waals surface area (Å²) in [5, 5.41) is 15.4. The van der Waals surface area contributed by atoms with Crippen LogP contribution in [0.2, 0.25) is 0 Å². The van der Waals surface area contributed by atoms with Crippen molar-refractivity contribution in [3.63, 3.8) is 0 Å². The molecule has 1 aromatic heterocycles. The van der Waals surface area contributed by atoms with Gasteiger partial charge in [-0.2, -0.15) is 23.5 Å². The number of thiazole rings is 1. The molecule has 4 nitrogen and oxygen atoms in total. The second-order valence-corrected chi connectivity index (χ2v) is 6.02. The predicted octanol–water partition coefficient (Wildman–Crippen LogP) is 5.17. The monoisotopic (exact) mass is 372 g/mol. The molecule has 0 aliphatic carbocycles. The fraction of sp³-hybridized carbons (Fsp3) is 0.0556. The fourth-order valence-electron chi connectivity index (χ4n) is 2.13. The Hall–Kier alpha value is -3.18. The number of nitrogens with one attached hydrogen (secondary N) is 1. The molecule has 3 rings (SSSR count). The minimum Gasteiger partial charge on any atom is -0.277 e. The maximum atomic E-state index is 12.7. The van der Waals surface area contributed by atoms with Crippen molar-refractivity contribution < 1.29 is 13.2 Å². The molecule has 26 heavy (non-hydrogen) atoms. The van der Waals surface area contributed by atoms with Crippen molar-refractivity contribution in [2.45, 2.75) is 6.18 Å². The van der Waals surface area contributed by atoms with Crippen LogP contribution in [0, 0.1) is 11.3 Å². The molecule has 0 bridgehead atoms. The van der Waals surface area contributed by atoms with E-state index < -0.39 is 11.7 Å². The minimum atomic E-state index is -4.45. The Morgan fingerprint density at radius 2 is 1.88 bits per heavy atom. The molecular formula is C18H11F3N4S. The Kier molecular flexibility index (Phi) is 5.00. The first-order valence-electron chi connectivity index (χ1n) is 7.40. The average molecular weight is 372 g/mol. The lowest BCUT2D eigenvalue weighted by atomic mass is 10.2. The van der Waals surface area contributed by atoms with Crippen LogP contribution in [0.5, 0.6) is 0 Å². The highest BCUT2D eigenvalue weighted by Gasteiger charge is 2.30. The Morgan fingerprint density at radius 1 is 1.12 bits per heavy atom. The topological polar surface area (TPSA) is 61.1 Å². The first-order chi connectivity index (χ1) is 12.5. The van der Waals surface area contributed by atoms with E-state index in [0.717, 1.165) is 17.7 Å². The van der Waals surface area contributed by atoms with E-state index in [4.69, 9.17) is 0 Å². The molecule has 8 heteroatoms. The number of halogens is 3. The van der Waals surface area contributed by atoms with Gasteiger partial charge >= 0.3 is 6.18 Å². The minimum absolute atomic E-state index is 0.00501. The summed E-state index contributed by atoms with van der Waals surface area (Å²) in [6.45, 7) is 0. The number of benzene rings is 2. The van der Waals surface area contributed by atoms with E-state index in [1.165, 1.54) is 23.5 Å². The van der Waals surface area contributed by atoms with Gasteiger partial charge in [0.05, 0.1) is 16.9 Å². The lowest BCUT2D eigenvalue weighted by Crippen LogP contribution is -2.06. The summed E-state index contributed by atoms with van der Waals surface area (Å²) in [6, 6.07) is 15.9. The molecule has 0 aliphatic heterocycles. The summed E-state index contributed by atoms with van der Waals surface area (Å²) in [5.41, 5.74) is 3.42. The number of aromatic nitrogens is 1. The van der Waals surface area contributed by atoms with Crippen LogP contribution in [0.25, 0.3) is 11.3 Å². The number of hydrazone groups is 1. The van der Waals surface area contributed by atoms with Gasteiger partial charge in [-0.15, -0.1) is 11.3 Å². The Morgan fingerprint density at radius 3 is 2.58 bits per heavy atom. The molecular weight excluding hydrogens is 361 g/mol. The average Bonchev–Trinajstić information content (AvgIpc) is 3.13. The third-order valence-electron chi connectivity index (χ3n) is 3.37. The van der Waals surface area contributed by atoms with E-state index in [2.05, 4.69) is 15.5 Å². The number of hydrogen-bond acceptors (Lipinski definition) is 5. The normalized spacial score (nSPS) is 11.8. The third-order valence-corrected chi connectivity index (χ3v) is 4.22. The Bertz CT molecular complexity index is 972. The van der Waals surface area contributed by atoms with Crippen molar-refractivity contribution in [3.05, 3.63) is 70.5 Å². The highest BCUT2D eigenvalue weighted by atomic mass is 32.1. The molecule has 0 saturated carbocycles. The molecule has 0 fully saturated rings. The van der Waals surface area contributed by atoms with Crippen LogP contribution in [0.3, 0.4) is 0 Å². The largest absolute Gasteiger partial charge is 0.416 e. The van der Waals surface area contributed by atoms with Crippen molar-refractivity contribution >= 4 is 22.7 Å². The molecule has 0 saturated heterocycles. The number of nitrogens with zero attached hydrogens (tertiary/aromatic N) is 3. The van der Waals surface area contributed by atoms with Gasteiger partial charge in [-0.3, -0.25) is 5.43 Å².